The molecule has 0 amide bonds. The van der Waals surface area contributed by atoms with Gasteiger partial charge in [0.05, 0.1) is 0 Å². The Kier molecular flexibility index (Phi) is 3.36. The summed E-state index contributed by atoms with van der Waals surface area (Å²) in [5.74, 6) is 0. The summed E-state index contributed by atoms with van der Waals surface area (Å²) in [5, 5.41) is 0. The molecule has 0 aliphatic rings. The molecule has 0 unspecified atom stereocenters. The topological polar surface area (TPSA) is 72.3 Å². The Hall–Kier alpha value is 0.110. The quantitative estimate of drug-likeness (QED) is 0.571. The molecule has 0 heterocycles. The fourth-order valence-corrected chi connectivity index (χ4v) is 0.992. The predicted molar refractivity (Wildman–Crippen MR) is 38.9 cm³/mol. The van der Waals surface area contributed by atoms with E-state index in [9.17, 15) is 4.57 Å². The molecule has 4 N–H and O–H groups in total. The van der Waals surface area contributed by atoms with Crippen LogP contribution in [0.15, 0.2) is 0 Å². The number of rotatable bonds is 3. The molecule has 0 fully saturated rings. The van der Waals surface area contributed by atoms with Gasteiger partial charge in [-0.25, -0.2) is 4.67 Å². The van der Waals surface area contributed by atoms with Crippen LogP contribution < -0.4 is 11.0 Å². The molecule has 0 aromatic carbocycles. The van der Waals surface area contributed by atoms with E-state index in [4.69, 9.17) is 11.0 Å². The van der Waals surface area contributed by atoms with Crippen LogP contribution in [0.2, 0.25) is 0 Å². The van der Waals surface area contributed by atoms with Crippen molar-refractivity contribution in [2.45, 2.75) is 13.3 Å². The first-order valence-corrected chi connectivity index (χ1v) is 4.67. The third-order valence-corrected chi connectivity index (χ3v) is 2.35. The Balaban J connectivity index is 3.74. The van der Waals surface area contributed by atoms with Crippen LogP contribution in [0.4, 0.5) is 0 Å². The Morgan fingerprint density at radius 3 is 2.11 bits per heavy atom. The summed E-state index contributed by atoms with van der Waals surface area (Å²) >= 11 is 0. The molecule has 0 spiro atoms. The molecular weight excluding hydrogens is 137 g/mol. The SMILES string of the molecule is CCCN(C)P(N)(N)=O. The molecule has 0 rings (SSSR count). The van der Waals surface area contributed by atoms with Crippen molar-refractivity contribution in [3.63, 3.8) is 0 Å². The van der Waals surface area contributed by atoms with Crippen molar-refractivity contribution < 1.29 is 4.57 Å². The van der Waals surface area contributed by atoms with Crippen molar-refractivity contribution >= 4 is 7.59 Å². The zero-order valence-electron chi connectivity index (χ0n) is 5.87. The van der Waals surface area contributed by atoms with Crippen LogP contribution in [-0.2, 0) is 4.57 Å². The van der Waals surface area contributed by atoms with E-state index in [-0.39, 0.29) is 0 Å². The number of nitrogens with two attached hydrogens (primary N) is 2. The van der Waals surface area contributed by atoms with Gasteiger partial charge in [0.2, 0.25) is 0 Å². The Morgan fingerprint density at radius 1 is 1.56 bits per heavy atom. The van der Waals surface area contributed by atoms with Crippen molar-refractivity contribution in [1.29, 1.82) is 0 Å². The van der Waals surface area contributed by atoms with E-state index in [0.29, 0.717) is 6.54 Å². The lowest BCUT2D eigenvalue weighted by Gasteiger charge is -2.18. The maximum absolute atomic E-state index is 10.8. The van der Waals surface area contributed by atoms with Gasteiger partial charge in [-0.05, 0) is 13.5 Å². The minimum absolute atomic E-state index is 0.685. The second-order valence-corrected chi connectivity index (χ2v) is 4.08. The first-order valence-electron chi connectivity index (χ1n) is 2.87. The molecule has 0 bridgehead atoms. The maximum Gasteiger partial charge on any atom is 0.276 e. The highest BCUT2D eigenvalue weighted by Crippen LogP contribution is 2.28. The Morgan fingerprint density at radius 2 is 2.00 bits per heavy atom. The van der Waals surface area contributed by atoms with Gasteiger partial charge < -0.3 is 0 Å². The van der Waals surface area contributed by atoms with Gasteiger partial charge in [-0.15, -0.1) is 0 Å². The van der Waals surface area contributed by atoms with E-state index in [0.717, 1.165) is 6.42 Å². The molecule has 0 radical (unpaired) electrons. The van der Waals surface area contributed by atoms with Gasteiger partial charge in [0.1, 0.15) is 0 Å². The number of nitrogens with zero attached hydrogens (tertiary/aromatic N) is 1. The summed E-state index contributed by atoms with van der Waals surface area (Å²) in [6.07, 6.45) is 0.912. The molecule has 0 aromatic rings. The summed E-state index contributed by atoms with van der Waals surface area (Å²) in [6.45, 7) is 2.66. The average Bonchev–Trinajstić information content (AvgIpc) is 1.64. The normalized spacial score (nSPS) is 12.6. The summed E-state index contributed by atoms with van der Waals surface area (Å²) in [6, 6.07) is 0. The van der Waals surface area contributed by atoms with E-state index in [1.807, 2.05) is 6.92 Å². The van der Waals surface area contributed by atoms with Gasteiger partial charge in [-0.2, -0.15) is 0 Å². The number of hydrogen-bond donors (Lipinski definition) is 2. The predicted octanol–water partition coefficient (Wildman–Crippen LogP) is 0.354. The van der Waals surface area contributed by atoms with Gasteiger partial charge in [0, 0.05) is 6.54 Å². The van der Waals surface area contributed by atoms with Crippen LogP contribution in [0.3, 0.4) is 0 Å². The van der Waals surface area contributed by atoms with Gasteiger partial charge in [0.15, 0.2) is 0 Å². The second kappa shape index (κ2) is 3.32. The van der Waals surface area contributed by atoms with Crippen LogP contribution in [0.1, 0.15) is 13.3 Å². The van der Waals surface area contributed by atoms with Crippen molar-refractivity contribution in [3.05, 3.63) is 0 Å². The molecule has 9 heavy (non-hydrogen) atoms. The molecule has 0 aliphatic heterocycles. The Bertz CT molecular complexity index is 121. The minimum atomic E-state index is -2.94. The van der Waals surface area contributed by atoms with Crippen molar-refractivity contribution in [3.8, 4) is 0 Å². The van der Waals surface area contributed by atoms with Gasteiger partial charge in [0.25, 0.3) is 7.59 Å². The lowest BCUT2D eigenvalue weighted by Crippen LogP contribution is -2.25. The lowest BCUT2D eigenvalue weighted by atomic mass is 10.5. The molecule has 0 aromatic heterocycles. The highest BCUT2D eigenvalue weighted by atomic mass is 31.2. The standard InChI is InChI=1S/C4H14N3OP/c1-3-4-7(2)9(5,6)8/h3-4H2,1-2H3,(H4,5,6,8). The van der Waals surface area contributed by atoms with Gasteiger partial charge in [-0.1, -0.05) is 6.92 Å². The van der Waals surface area contributed by atoms with Crippen LogP contribution >= 0.6 is 7.59 Å². The van der Waals surface area contributed by atoms with E-state index in [1.54, 1.807) is 7.05 Å². The average molecular weight is 151 g/mol. The summed E-state index contributed by atoms with van der Waals surface area (Å²) in [7, 11) is -1.28. The van der Waals surface area contributed by atoms with Crippen molar-refractivity contribution in [2.75, 3.05) is 13.6 Å². The molecule has 0 aliphatic carbocycles. The molecule has 0 saturated heterocycles. The highest BCUT2D eigenvalue weighted by Gasteiger charge is 2.13. The van der Waals surface area contributed by atoms with Crippen molar-refractivity contribution in [1.82, 2.24) is 4.67 Å². The Labute approximate surface area is 55.7 Å². The third-order valence-electron chi connectivity index (χ3n) is 1.08. The monoisotopic (exact) mass is 151 g/mol. The molecule has 56 valence electrons. The summed E-state index contributed by atoms with van der Waals surface area (Å²) < 4.78 is 12.3. The zero-order valence-corrected chi connectivity index (χ0v) is 6.77. The maximum atomic E-state index is 10.8. The minimum Gasteiger partial charge on any atom is -0.271 e. The lowest BCUT2D eigenvalue weighted by molar-refractivity contribution is 0.467. The summed E-state index contributed by atoms with van der Waals surface area (Å²) in [4.78, 5) is 0. The molecule has 0 atom stereocenters. The van der Waals surface area contributed by atoms with Crippen molar-refractivity contribution in [2.24, 2.45) is 11.0 Å². The highest BCUT2D eigenvalue weighted by molar-refractivity contribution is 7.56. The summed E-state index contributed by atoms with van der Waals surface area (Å²) in [5.41, 5.74) is 10.2. The van der Waals surface area contributed by atoms with E-state index >= 15 is 0 Å². The van der Waals surface area contributed by atoms with Crippen LogP contribution in [0.25, 0.3) is 0 Å². The number of hydrogen-bond acceptors (Lipinski definition) is 1. The fourth-order valence-electron chi connectivity index (χ4n) is 0.480. The molecule has 0 saturated carbocycles. The van der Waals surface area contributed by atoms with E-state index in [1.165, 1.54) is 4.67 Å². The van der Waals surface area contributed by atoms with E-state index in [2.05, 4.69) is 0 Å². The first kappa shape index (κ1) is 9.11. The van der Waals surface area contributed by atoms with Crippen LogP contribution in [0, 0.1) is 0 Å². The van der Waals surface area contributed by atoms with E-state index < -0.39 is 7.59 Å². The van der Waals surface area contributed by atoms with Gasteiger partial charge >= 0.3 is 0 Å². The molecular formula is C4H14N3OP. The van der Waals surface area contributed by atoms with Gasteiger partial charge in [-0.3, -0.25) is 15.6 Å². The fraction of sp³-hybridized carbons (Fsp3) is 1.00. The molecule has 5 heteroatoms. The second-order valence-electron chi connectivity index (χ2n) is 2.05. The third kappa shape index (κ3) is 3.65. The van der Waals surface area contributed by atoms with Crippen LogP contribution in [0.5, 0.6) is 0 Å². The smallest absolute Gasteiger partial charge is 0.271 e. The first-order chi connectivity index (χ1) is 3.98. The molecule has 4 nitrogen and oxygen atoms in total. The largest absolute Gasteiger partial charge is 0.276 e. The van der Waals surface area contributed by atoms with Crippen LogP contribution in [-0.4, -0.2) is 18.3 Å². The zero-order chi connectivity index (χ0) is 7.49.